The van der Waals surface area contributed by atoms with Gasteiger partial charge in [0.1, 0.15) is 0 Å². The molecule has 0 saturated carbocycles. The number of hydrogen-bond acceptors (Lipinski definition) is 5. The summed E-state index contributed by atoms with van der Waals surface area (Å²) in [4.78, 5) is 12.4. The van der Waals surface area contributed by atoms with Crippen molar-refractivity contribution < 1.29 is 4.79 Å². The van der Waals surface area contributed by atoms with E-state index in [1.807, 2.05) is 27.7 Å². The number of nitrogens with one attached hydrogen (secondary N) is 1. The summed E-state index contributed by atoms with van der Waals surface area (Å²) in [5.41, 5.74) is 0. The van der Waals surface area contributed by atoms with E-state index in [2.05, 4.69) is 20.6 Å². The van der Waals surface area contributed by atoms with Crippen LogP contribution in [0.25, 0.3) is 4.96 Å². The first-order chi connectivity index (χ1) is 7.99. The van der Waals surface area contributed by atoms with Gasteiger partial charge in [-0.1, -0.05) is 25.2 Å². The maximum absolute atomic E-state index is 11.8. The van der Waals surface area contributed by atoms with Gasteiger partial charge in [0.15, 0.2) is 5.82 Å². The largest absolute Gasteiger partial charge is 0.348 e. The average Bonchev–Trinajstić information content (AvgIpc) is 2.72. The van der Waals surface area contributed by atoms with Crippen LogP contribution in [0.2, 0.25) is 0 Å². The van der Waals surface area contributed by atoms with Crippen molar-refractivity contribution >= 4 is 22.2 Å². The van der Waals surface area contributed by atoms with Crippen LogP contribution in [0.15, 0.2) is 0 Å². The van der Waals surface area contributed by atoms with E-state index in [9.17, 15) is 4.79 Å². The predicted octanol–water partition coefficient (Wildman–Crippen LogP) is 1.45. The quantitative estimate of drug-likeness (QED) is 0.898. The summed E-state index contributed by atoms with van der Waals surface area (Å²) in [6, 6.07) is 0.0985. The molecular formula is C10H15N5OS. The smallest absolute Gasteiger partial charge is 0.282 e. The fourth-order valence-corrected chi connectivity index (χ4v) is 2.16. The molecule has 17 heavy (non-hydrogen) atoms. The van der Waals surface area contributed by atoms with Gasteiger partial charge in [0.05, 0.1) is 0 Å². The van der Waals surface area contributed by atoms with Gasteiger partial charge in [-0.05, 0) is 13.8 Å². The molecule has 0 saturated heterocycles. The highest BCUT2D eigenvalue weighted by atomic mass is 32.1. The van der Waals surface area contributed by atoms with Gasteiger partial charge in [-0.2, -0.15) is 4.52 Å². The molecule has 1 amide bonds. The van der Waals surface area contributed by atoms with E-state index in [-0.39, 0.29) is 17.9 Å². The van der Waals surface area contributed by atoms with Crippen molar-refractivity contribution in [2.45, 2.75) is 39.7 Å². The first-order valence-corrected chi connectivity index (χ1v) is 6.33. The van der Waals surface area contributed by atoms with Gasteiger partial charge in [0.2, 0.25) is 9.97 Å². The Morgan fingerprint density at radius 2 is 2.00 bits per heavy atom. The standard InChI is InChI=1S/C10H15N5OS/c1-5(2)7-12-13-10-15(7)14-9(17-10)8(16)11-6(3)4/h5-6H,1-4H3,(H,11,16). The molecule has 0 spiro atoms. The van der Waals surface area contributed by atoms with Crippen LogP contribution in [0.1, 0.15) is 49.2 Å². The van der Waals surface area contributed by atoms with Crippen LogP contribution < -0.4 is 5.32 Å². The van der Waals surface area contributed by atoms with E-state index in [4.69, 9.17) is 0 Å². The molecule has 0 unspecified atom stereocenters. The van der Waals surface area contributed by atoms with Crippen LogP contribution in [0.4, 0.5) is 0 Å². The van der Waals surface area contributed by atoms with Crippen LogP contribution >= 0.6 is 11.3 Å². The fourth-order valence-electron chi connectivity index (χ4n) is 1.41. The molecule has 2 rings (SSSR count). The summed E-state index contributed by atoms with van der Waals surface area (Å²) in [5.74, 6) is 0.846. The number of carbonyl (C=O) groups excluding carboxylic acids is 1. The van der Waals surface area contributed by atoms with Crippen LogP contribution in [0, 0.1) is 0 Å². The molecule has 0 aliphatic carbocycles. The number of carbonyl (C=O) groups is 1. The van der Waals surface area contributed by atoms with Crippen LogP contribution in [-0.4, -0.2) is 31.8 Å². The molecule has 0 aliphatic heterocycles. The van der Waals surface area contributed by atoms with E-state index >= 15 is 0 Å². The Morgan fingerprint density at radius 3 is 2.59 bits per heavy atom. The van der Waals surface area contributed by atoms with Gasteiger partial charge in [0, 0.05) is 12.0 Å². The maximum atomic E-state index is 11.8. The lowest BCUT2D eigenvalue weighted by Crippen LogP contribution is -2.30. The summed E-state index contributed by atoms with van der Waals surface area (Å²) in [7, 11) is 0. The van der Waals surface area contributed by atoms with Crippen LogP contribution in [0.5, 0.6) is 0 Å². The van der Waals surface area contributed by atoms with Crippen molar-refractivity contribution in [3.8, 4) is 0 Å². The molecule has 0 radical (unpaired) electrons. The number of rotatable bonds is 3. The summed E-state index contributed by atoms with van der Waals surface area (Å²) < 4.78 is 1.64. The molecule has 7 heteroatoms. The number of nitrogens with zero attached hydrogens (tertiary/aromatic N) is 4. The molecule has 2 aromatic heterocycles. The molecular weight excluding hydrogens is 238 g/mol. The average molecular weight is 253 g/mol. The van der Waals surface area contributed by atoms with Crippen molar-refractivity contribution in [1.82, 2.24) is 25.1 Å². The molecule has 0 fully saturated rings. The number of fused-ring (bicyclic) bond motifs is 1. The third-order valence-corrected chi connectivity index (χ3v) is 3.04. The van der Waals surface area contributed by atoms with Gasteiger partial charge in [-0.25, -0.2) is 0 Å². The zero-order valence-corrected chi connectivity index (χ0v) is 11.1. The minimum Gasteiger partial charge on any atom is -0.348 e. The summed E-state index contributed by atoms with van der Waals surface area (Å²) in [6.45, 7) is 7.86. The second-order valence-electron chi connectivity index (χ2n) is 4.44. The topological polar surface area (TPSA) is 72.2 Å². The first-order valence-electron chi connectivity index (χ1n) is 5.52. The highest BCUT2D eigenvalue weighted by Gasteiger charge is 2.18. The van der Waals surface area contributed by atoms with Crippen molar-refractivity contribution in [1.29, 1.82) is 0 Å². The second-order valence-corrected chi connectivity index (χ2v) is 5.40. The molecule has 0 aromatic carbocycles. The minimum absolute atomic E-state index is 0.0985. The highest BCUT2D eigenvalue weighted by molar-refractivity contribution is 7.18. The zero-order chi connectivity index (χ0) is 12.6. The Bertz CT molecular complexity index is 542. The molecule has 2 aromatic rings. The van der Waals surface area contributed by atoms with Gasteiger partial charge >= 0.3 is 0 Å². The lowest BCUT2D eigenvalue weighted by Gasteiger charge is -2.04. The van der Waals surface area contributed by atoms with Gasteiger partial charge < -0.3 is 5.32 Å². The Balaban J connectivity index is 2.35. The van der Waals surface area contributed by atoms with Crippen molar-refractivity contribution in [3.05, 3.63) is 10.8 Å². The van der Waals surface area contributed by atoms with Crippen molar-refractivity contribution in [2.24, 2.45) is 0 Å². The van der Waals surface area contributed by atoms with E-state index in [0.717, 1.165) is 5.82 Å². The molecule has 0 atom stereocenters. The van der Waals surface area contributed by atoms with E-state index < -0.39 is 0 Å². The Hall–Kier alpha value is -1.50. The SMILES string of the molecule is CC(C)NC(=O)c1nn2c(C(C)C)nnc2s1. The van der Waals surface area contributed by atoms with Gasteiger partial charge in [-0.3, -0.25) is 4.79 Å². The second kappa shape index (κ2) is 4.40. The molecule has 1 N–H and O–H groups in total. The summed E-state index contributed by atoms with van der Waals surface area (Å²) in [6.07, 6.45) is 0. The van der Waals surface area contributed by atoms with Crippen molar-refractivity contribution in [2.75, 3.05) is 0 Å². The Labute approximate surface area is 103 Å². The summed E-state index contributed by atoms with van der Waals surface area (Å²) >= 11 is 1.25. The Kier molecular flexibility index (Phi) is 3.10. The maximum Gasteiger partial charge on any atom is 0.282 e. The molecule has 0 aliphatic rings. The third kappa shape index (κ3) is 2.28. The molecule has 92 valence electrons. The fraction of sp³-hybridized carbons (Fsp3) is 0.600. The number of aromatic nitrogens is 4. The van der Waals surface area contributed by atoms with E-state index in [1.165, 1.54) is 11.3 Å². The van der Waals surface area contributed by atoms with Crippen LogP contribution in [-0.2, 0) is 0 Å². The number of hydrogen-bond donors (Lipinski definition) is 1. The molecule has 6 nitrogen and oxygen atoms in total. The lowest BCUT2D eigenvalue weighted by molar-refractivity contribution is 0.0941. The molecule has 0 bridgehead atoms. The van der Waals surface area contributed by atoms with E-state index in [0.29, 0.717) is 9.97 Å². The highest BCUT2D eigenvalue weighted by Crippen LogP contribution is 2.18. The van der Waals surface area contributed by atoms with Crippen LogP contribution in [0.3, 0.4) is 0 Å². The number of amides is 1. The zero-order valence-electron chi connectivity index (χ0n) is 10.3. The van der Waals surface area contributed by atoms with Gasteiger partial charge in [0.25, 0.3) is 5.91 Å². The predicted molar refractivity (Wildman–Crippen MR) is 65.4 cm³/mol. The lowest BCUT2D eigenvalue weighted by atomic mass is 10.2. The van der Waals surface area contributed by atoms with Crippen molar-refractivity contribution in [3.63, 3.8) is 0 Å². The summed E-state index contributed by atoms with van der Waals surface area (Å²) in [5, 5.41) is 15.5. The van der Waals surface area contributed by atoms with Gasteiger partial charge in [-0.15, -0.1) is 15.3 Å². The first kappa shape index (κ1) is 12.0. The minimum atomic E-state index is -0.162. The third-order valence-electron chi connectivity index (χ3n) is 2.15. The molecule has 2 heterocycles. The normalized spacial score (nSPS) is 11.6. The Morgan fingerprint density at radius 1 is 1.29 bits per heavy atom. The van der Waals surface area contributed by atoms with E-state index in [1.54, 1.807) is 4.52 Å². The monoisotopic (exact) mass is 253 g/mol.